The minimum Gasteiger partial charge on any atom is -0.496 e. The number of benzene rings is 1. The zero-order chi connectivity index (χ0) is 12.7. The van der Waals surface area contributed by atoms with Crippen molar-refractivity contribution in [2.75, 3.05) is 20.8 Å². The number of unbranched alkanes of at least 4 members (excludes halogenated alkanes) is 1. The monoisotopic (exact) mass is 236 g/mol. The number of ether oxygens (including phenoxy) is 2. The average molecular weight is 236 g/mol. The number of hydrogen-bond donors (Lipinski definition) is 0. The second kappa shape index (κ2) is 7.07. The Morgan fingerprint density at radius 2 is 2.00 bits per heavy atom. The van der Waals surface area contributed by atoms with Crippen LogP contribution in [0.15, 0.2) is 18.2 Å². The molecule has 0 saturated carbocycles. The molecule has 0 aromatic heterocycles. The summed E-state index contributed by atoms with van der Waals surface area (Å²) in [4.78, 5) is 12.0. The van der Waals surface area contributed by atoms with Crippen molar-refractivity contribution in [2.24, 2.45) is 0 Å². The highest BCUT2D eigenvalue weighted by Crippen LogP contribution is 2.24. The van der Waals surface area contributed by atoms with Gasteiger partial charge in [0.25, 0.3) is 0 Å². The molecule has 1 aromatic carbocycles. The van der Waals surface area contributed by atoms with Gasteiger partial charge in [0.15, 0.2) is 5.78 Å². The van der Waals surface area contributed by atoms with Crippen molar-refractivity contribution >= 4 is 5.78 Å². The zero-order valence-corrected chi connectivity index (χ0v) is 10.8. The van der Waals surface area contributed by atoms with Gasteiger partial charge < -0.3 is 9.47 Å². The fourth-order valence-electron chi connectivity index (χ4n) is 1.81. The first kappa shape index (κ1) is 13.7. The third-order valence-electron chi connectivity index (χ3n) is 2.72. The van der Waals surface area contributed by atoms with Gasteiger partial charge in [-0.25, -0.2) is 0 Å². The Morgan fingerprint density at radius 1 is 1.24 bits per heavy atom. The number of hydrogen-bond acceptors (Lipinski definition) is 3. The molecule has 0 N–H and O–H groups in total. The second-order valence-corrected chi connectivity index (χ2v) is 4.03. The van der Waals surface area contributed by atoms with Crippen molar-refractivity contribution in [3.8, 4) is 5.75 Å². The van der Waals surface area contributed by atoms with E-state index < -0.39 is 0 Å². The van der Waals surface area contributed by atoms with Crippen molar-refractivity contribution in [1.82, 2.24) is 0 Å². The maximum atomic E-state index is 12.0. The molecule has 0 aliphatic rings. The van der Waals surface area contributed by atoms with Crippen LogP contribution in [-0.4, -0.2) is 26.6 Å². The maximum Gasteiger partial charge on any atom is 0.166 e. The topological polar surface area (TPSA) is 35.5 Å². The SMILES string of the molecule is COCCCCC(=O)c1cccc(C)c1OC. The van der Waals surface area contributed by atoms with Gasteiger partial charge >= 0.3 is 0 Å². The van der Waals surface area contributed by atoms with Gasteiger partial charge in [-0.3, -0.25) is 4.79 Å². The van der Waals surface area contributed by atoms with E-state index in [-0.39, 0.29) is 5.78 Å². The molecule has 1 aromatic rings. The number of ketones is 1. The number of Topliss-reactive ketones (excluding diaryl/α,β-unsaturated/α-hetero) is 1. The first-order valence-corrected chi connectivity index (χ1v) is 5.86. The standard InChI is InChI=1S/C14H20O3/c1-11-7-6-8-12(14(11)17-3)13(15)9-4-5-10-16-2/h6-8H,4-5,9-10H2,1-3H3. The van der Waals surface area contributed by atoms with Gasteiger partial charge in [0, 0.05) is 20.1 Å². The van der Waals surface area contributed by atoms with Crippen LogP contribution in [0.3, 0.4) is 0 Å². The maximum absolute atomic E-state index is 12.0. The molecule has 3 heteroatoms. The summed E-state index contributed by atoms with van der Waals surface area (Å²) < 4.78 is 10.2. The fourth-order valence-corrected chi connectivity index (χ4v) is 1.81. The van der Waals surface area contributed by atoms with E-state index in [9.17, 15) is 4.79 Å². The molecule has 0 radical (unpaired) electrons. The van der Waals surface area contributed by atoms with Crippen LogP contribution in [0.4, 0.5) is 0 Å². The minimum absolute atomic E-state index is 0.140. The molecular formula is C14H20O3. The molecule has 0 bridgehead atoms. The first-order chi connectivity index (χ1) is 8.20. The van der Waals surface area contributed by atoms with Crippen LogP contribution in [0.2, 0.25) is 0 Å². The van der Waals surface area contributed by atoms with Gasteiger partial charge in [-0.05, 0) is 31.4 Å². The molecule has 0 aliphatic carbocycles. The Kier molecular flexibility index (Phi) is 5.70. The molecule has 0 unspecified atom stereocenters. The molecule has 0 aliphatic heterocycles. The molecule has 0 amide bonds. The third-order valence-corrected chi connectivity index (χ3v) is 2.72. The van der Waals surface area contributed by atoms with Crippen LogP contribution >= 0.6 is 0 Å². The summed E-state index contributed by atoms with van der Waals surface area (Å²) in [6, 6.07) is 5.66. The molecule has 0 saturated heterocycles. The summed E-state index contributed by atoms with van der Waals surface area (Å²) >= 11 is 0. The van der Waals surface area contributed by atoms with E-state index >= 15 is 0 Å². The lowest BCUT2D eigenvalue weighted by atomic mass is 10.0. The average Bonchev–Trinajstić information content (AvgIpc) is 2.34. The van der Waals surface area contributed by atoms with Crippen molar-refractivity contribution in [3.63, 3.8) is 0 Å². The number of para-hydroxylation sites is 1. The van der Waals surface area contributed by atoms with Crippen molar-refractivity contribution in [2.45, 2.75) is 26.2 Å². The van der Waals surface area contributed by atoms with Crippen molar-refractivity contribution < 1.29 is 14.3 Å². The lowest BCUT2D eigenvalue weighted by Crippen LogP contribution is -2.04. The lowest BCUT2D eigenvalue weighted by Gasteiger charge is -2.10. The van der Waals surface area contributed by atoms with Crippen molar-refractivity contribution in [3.05, 3.63) is 29.3 Å². The van der Waals surface area contributed by atoms with E-state index in [1.165, 1.54) is 0 Å². The van der Waals surface area contributed by atoms with Gasteiger partial charge in [-0.15, -0.1) is 0 Å². The fraction of sp³-hybridized carbons (Fsp3) is 0.500. The zero-order valence-electron chi connectivity index (χ0n) is 10.8. The van der Waals surface area contributed by atoms with E-state index in [1.807, 2.05) is 25.1 Å². The Labute approximate surface area is 103 Å². The van der Waals surface area contributed by atoms with Crippen LogP contribution in [0, 0.1) is 6.92 Å². The Morgan fingerprint density at radius 3 is 2.65 bits per heavy atom. The third kappa shape index (κ3) is 3.86. The quantitative estimate of drug-likeness (QED) is 0.539. The van der Waals surface area contributed by atoms with Gasteiger partial charge in [0.05, 0.1) is 12.7 Å². The first-order valence-electron chi connectivity index (χ1n) is 5.86. The summed E-state index contributed by atoms with van der Waals surface area (Å²) in [7, 11) is 3.27. The second-order valence-electron chi connectivity index (χ2n) is 4.03. The highest BCUT2D eigenvalue weighted by Gasteiger charge is 2.13. The van der Waals surface area contributed by atoms with E-state index in [0.717, 1.165) is 18.4 Å². The minimum atomic E-state index is 0.140. The predicted molar refractivity (Wildman–Crippen MR) is 67.8 cm³/mol. The molecule has 1 rings (SSSR count). The molecule has 0 fully saturated rings. The molecule has 17 heavy (non-hydrogen) atoms. The molecule has 0 heterocycles. The van der Waals surface area contributed by atoms with E-state index in [0.29, 0.717) is 24.3 Å². The highest BCUT2D eigenvalue weighted by molar-refractivity contribution is 5.99. The summed E-state index contributed by atoms with van der Waals surface area (Å²) in [5, 5.41) is 0. The van der Waals surface area contributed by atoms with Crippen LogP contribution < -0.4 is 4.74 Å². The van der Waals surface area contributed by atoms with Gasteiger partial charge in [0.2, 0.25) is 0 Å². The highest BCUT2D eigenvalue weighted by atomic mass is 16.5. The van der Waals surface area contributed by atoms with Crippen molar-refractivity contribution in [1.29, 1.82) is 0 Å². The number of carbonyl (C=O) groups is 1. The van der Waals surface area contributed by atoms with Gasteiger partial charge in [-0.1, -0.05) is 12.1 Å². The smallest absolute Gasteiger partial charge is 0.166 e. The normalized spacial score (nSPS) is 10.3. The van der Waals surface area contributed by atoms with Crippen LogP contribution in [-0.2, 0) is 4.74 Å². The lowest BCUT2D eigenvalue weighted by molar-refractivity contribution is 0.0972. The van der Waals surface area contributed by atoms with Crippen LogP contribution in [0.1, 0.15) is 35.2 Å². The summed E-state index contributed by atoms with van der Waals surface area (Å²) in [5.74, 6) is 0.839. The predicted octanol–water partition coefficient (Wildman–Crippen LogP) is 3.00. The number of aryl methyl sites for hydroxylation is 1. The van der Waals surface area contributed by atoms with E-state index in [2.05, 4.69) is 0 Å². The Bertz CT molecular complexity index is 372. The van der Waals surface area contributed by atoms with Gasteiger partial charge in [-0.2, -0.15) is 0 Å². The number of carbonyl (C=O) groups excluding carboxylic acids is 1. The van der Waals surface area contributed by atoms with Gasteiger partial charge in [0.1, 0.15) is 5.75 Å². The molecule has 3 nitrogen and oxygen atoms in total. The Balaban J connectivity index is 2.65. The molecule has 0 atom stereocenters. The largest absolute Gasteiger partial charge is 0.496 e. The Hall–Kier alpha value is -1.35. The number of methoxy groups -OCH3 is 2. The number of rotatable bonds is 7. The summed E-state index contributed by atoms with van der Waals surface area (Å²) in [6.45, 7) is 2.65. The molecular weight excluding hydrogens is 216 g/mol. The molecule has 0 spiro atoms. The molecule has 94 valence electrons. The van der Waals surface area contributed by atoms with E-state index in [1.54, 1.807) is 14.2 Å². The van der Waals surface area contributed by atoms with Crippen LogP contribution in [0.5, 0.6) is 5.75 Å². The summed E-state index contributed by atoms with van der Waals surface area (Å²) in [6.07, 6.45) is 2.31. The summed E-state index contributed by atoms with van der Waals surface area (Å²) in [5.41, 5.74) is 1.68. The van der Waals surface area contributed by atoms with Crippen LogP contribution in [0.25, 0.3) is 0 Å². The van der Waals surface area contributed by atoms with E-state index in [4.69, 9.17) is 9.47 Å².